The lowest BCUT2D eigenvalue weighted by molar-refractivity contribution is 0.102. The Kier molecular flexibility index (Phi) is 4.89. The molecule has 1 amide bonds. The third-order valence-corrected chi connectivity index (χ3v) is 3.34. The predicted molar refractivity (Wildman–Crippen MR) is 91.4 cm³/mol. The maximum Gasteiger partial charge on any atom is 0.255 e. The Morgan fingerprint density at radius 1 is 0.760 bits per heavy atom. The minimum atomic E-state index is -1.07. The Balaban J connectivity index is 1.67. The minimum Gasteiger partial charge on any atom is -0.322 e. The molecule has 0 saturated heterocycles. The molecule has 3 rings (SSSR count). The van der Waals surface area contributed by atoms with Gasteiger partial charge >= 0.3 is 0 Å². The highest BCUT2D eigenvalue weighted by atomic mass is 19.2. The van der Waals surface area contributed by atoms with Crippen LogP contribution in [0.15, 0.2) is 83.0 Å². The van der Waals surface area contributed by atoms with Gasteiger partial charge in [-0.25, -0.2) is 8.78 Å². The number of halogens is 2. The van der Waals surface area contributed by atoms with Crippen LogP contribution in [-0.4, -0.2) is 5.91 Å². The van der Waals surface area contributed by atoms with Crippen molar-refractivity contribution in [3.63, 3.8) is 0 Å². The Bertz CT molecular complexity index is 910. The van der Waals surface area contributed by atoms with Crippen molar-refractivity contribution in [2.75, 3.05) is 5.32 Å². The van der Waals surface area contributed by atoms with E-state index in [9.17, 15) is 13.6 Å². The van der Waals surface area contributed by atoms with E-state index in [-0.39, 0.29) is 5.56 Å². The van der Waals surface area contributed by atoms with Crippen LogP contribution in [0.25, 0.3) is 0 Å². The van der Waals surface area contributed by atoms with Crippen molar-refractivity contribution < 1.29 is 13.6 Å². The zero-order valence-electron chi connectivity index (χ0n) is 13.0. The number of carbonyl (C=O) groups excluding carboxylic acids is 1. The fourth-order valence-corrected chi connectivity index (χ4v) is 2.06. The molecule has 1 N–H and O–H groups in total. The number of rotatable bonds is 4. The van der Waals surface area contributed by atoms with Gasteiger partial charge in [0.05, 0.1) is 11.4 Å². The summed E-state index contributed by atoms with van der Waals surface area (Å²) in [6.07, 6.45) is 0. The molecule has 0 unspecified atom stereocenters. The van der Waals surface area contributed by atoms with Crippen molar-refractivity contribution in [3.05, 3.63) is 90.0 Å². The Labute approximate surface area is 142 Å². The van der Waals surface area contributed by atoms with Crippen LogP contribution in [-0.2, 0) is 0 Å². The molecule has 0 saturated carbocycles. The van der Waals surface area contributed by atoms with Gasteiger partial charge in [-0.2, -0.15) is 10.2 Å². The van der Waals surface area contributed by atoms with Crippen LogP contribution in [0.2, 0.25) is 0 Å². The first-order chi connectivity index (χ1) is 12.1. The highest BCUT2D eigenvalue weighted by Crippen LogP contribution is 2.20. The zero-order chi connectivity index (χ0) is 17.6. The minimum absolute atomic E-state index is 0.0340. The normalized spacial score (nSPS) is 10.8. The highest BCUT2D eigenvalue weighted by molar-refractivity contribution is 6.04. The van der Waals surface area contributed by atoms with Crippen LogP contribution in [0.1, 0.15) is 10.4 Å². The molecular formula is C19H13F2N3O. The van der Waals surface area contributed by atoms with E-state index in [4.69, 9.17) is 0 Å². The molecule has 0 aliphatic rings. The molecule has 0 atom stereocenters. The number of amides is 1. The molecule has 0 radical (unpaired) electrons. The second-order valence-corrected chi connectivity index (χ2v) is 5.17. The molecule has 3 aromatic rings. The van der Waals surface area contributed by atoms with Gasteiger partial charge in [0.15, 0.2) is 11.6 Å². The Morgan fingerprint density at radius 3 is 2.04 bits per heavy atom. The molecule has 0 heterocycles. The van der Waals surface area contributed by atoms with Gasteiger partial charge in [0.1, 0.15) is 0 Å². The monoisotopic (exact) mass is 337 g/mol. The molecule has 0 aromatic heterocycles. The molecule has 0 bridgehead atoms. The van der Waals surface area contributed by atoms with E-state index >= 15 is 0 Å². The number of carbonyl (C=O) groups is 1. The van der Waals surface area contributed by atoms with Crippen LogP contribution in [0.4, 0.5) is 25.8 Å². The van der Waals surface area contributed by atoms with Crippen molar-refractivity contribution in [3.8, 4) is 0 Å². The SMILES string of the molecule is O=C(Nc1ccc(N=Nc2ccccc2)cc1)c1ccc(F)c(F)c1. The summed E-state index contributed by atoms with van der Waals surface area (Å²) in [5.74, 6) is -2.59. The number of hydrogen-bond donors (Lipinski definition) is 1. The number of azo groups is 1. The summed E-state index contributed by atoms with van der Waals surface area (Å²) in [5, 5.41) is 10.8. The van der Waals surface area contributed by atoms with Gasteiger partial charge in [0.25, 0.3) is 5.91 Å². The largest absolute Gasteiger partial charge is 0.322 e. The Hall–Kier alpha value is -3.41. The summed E-state index contributed by atoms with van der Waals surface area (Å²) in [6.45, 7) is 0. The maximum atomic E-state index is 13.2. The number of nitrogens with one attached hydrogen (secondary N) is 1. The second-order valence-electron chi connectivity index (χ2n) is 5.17. The summed E-state index contributed by atoms with van der Waals surface area (Å²) in [4.78, 5) is 12.0. The van der Waals surface area contributed by atoms with Crippen LogP contribution in [0, 0.1) is 11.6 Å². The Morgan fingerprint density at radius 2 is 1.40 bits per heavy atom. The number of benzene rings is 3. The summed E-state index contributed by atoms with van der Waals surface area (Å²) in [6, 6.07) is 19.0. The average molecular weight is 337 g/mol. The summed E-state index contributed by atoms with van der Waals surface area (Å²) < 4.78 is 26.1. The summed E-state index contributed by atoms with van der Waals surface area (Å²) in [5.41, 5.74) is 1.90. The summed E-state index contributed by atoms with van der Waals surface area (Å²) >= 11 is 0. The molecule has 3 aromatic carbocycles. The van der Waals surface area contributed by atoms with E-state index < -0.39 is 17.5 Å². The van der Waals surface area contributed by atoms with Crippen molar-refractivity contribution >= 4 is 23.0 Å². The molecular weight excluding hydrogens is 324 g/mol. The maximum absolute atomic E-state index is 13.2. The predicted octanol–water partition coefficient (Wildman–Crippen LogP) is 5.63. The standard InChI is InChI=1S/C19H13F2N3O/c20-17-11-6-13(12-18(17)21)19(25)22-14-7-9-16(10-8-14)24-23-15-4-2-1-3-5-15/h1-12H,(H,22,25). The fraction of sp³-hybridized carbons (Fsp3) is 0. The van der Waals surface area contributed by atoms with E-state index in [0.29, 0.717) is 11.4 Å². The lowest BCUT2D eigenvalue weighted by atomic mass is 10.2. The third-order valence-electron chi connectivity index (χ3n) is 3.34. The first-order valence-electron chi connectivity index (χ1n) is 7.45. The van der Waals surface area contributed by atoms with Crippen molar-refractivity contribution in [1.29, 1.82) is 0 Å². The average Bonchev–Trinajstić information content (AvgIpc) is 2.64. The van der Waals surface area contributed by atoms with Crippen LogP contribution in [0.3, 0.4) is 0 Å². The molecule has 0 spiro atoms. The molecule has 25 heavy (non-hydrogen) atoms. The second kappa shape index (κ2) is 7.44. The number of hydrogen-bond acceptors (Lipinski definition) is 3. The molecule has 0 fully saturated rings. The van der Waals surface area contributed by atoms with Crippen molar-refractivity contribution in [1.82, 2.24) is 0 Å². The lowest BCUT2D eigenvalue weighted by Gasteiger charge is -2.05. The van der Waals surface area contributed by atoms with Crippen molar-refractivity contribution in [2.45, 2.75) is 0 Å². The van der Waals surface area contributed by atoms with Gasteiger partial charge in [-0.15, -0.1) is 0 Å². The van der Waals surface area contributed by atoms with E-state index in [2.05, 4.69) is 15.5 Å². The first kappa shape index (κ1) is 16.4. The van der Waals surface area contributed by atoms with Gasteiger partial charge in [-0.1, -0.05) is 18.2 Å². The van der Waals surface area contributed by atoms with E-state index in [0.717, 1.165) is 17.8 Å². The molecule has 124 valence electrons. The first-order valence-corrected chi connectivity index (χ1v) is 7.45. The number of anilines is 1. The number of nitrogens with zero attached hydrogens (tertiary/aromatic N) is 2. The van der Waals surface area contributed by atoms with Gasteiger partial charge in [0, 0.05) is 11.3 Å². The van der Waals surface area contributed by atoms with Gasteiger partial charge in [0.2, 0.25) is 0 Å². The topological polar surface area (TPSA) is 53.8 Å². The van der Waals surface area contributed by atoms with E-state index in [1.165, 1.54) is 6.07 Å². The zero-order valence-corrected chi connectivity index (χ0v) is 13.0. The molecule has 0 aliphatic carbocycles. The van der Waals surface area contributed by atoms with Crippen LogP contribution in [0.5, 0.6) is 0 Å². The van der Waals surface area contributed by atoms with E-state index in [1.807, 2.05) is 30.3 Å². The highest BCUT2D eigenvalue weighted by Gasteiger charge is 2.09. The quantitative estimate of drug-likeness (QED) is 0.616. The lowest BCUT2D eigenvalue weighted by Crippen LogP contribution is -2.12. The van der Waals surface area contributed by atoms with Gasteiger partial charge in [-0.3, -0.25) is 4.79 Å². The van der Waals surface area contributed by atoms with Crippen LogP contribution >= 0.6 is 0 Å². The molecule has 0 aliphatic heterocycles. The van der Waals surface area contributed by atoms with Crippen LogP contribution < -0.4 is 5.32 Å². The van der Waals surface area contributed by atoms with Gasteiger partial charge < -0.3 is 5.32 Å². The smallest absolute Gasteiger partial charge is 0.255 e. The summed E-state index contributed by atoms with van der Waals surface area (Å²) in [7, 11) is 0. The van der Waals surface area contributed by atoms with Crippen molar-refractivity contribution in [2.24, 2.45) is 10.2 Å². The molecule has 6 heteroatoms. The van der Waals surface area contributed by atoms with Gasteiger partial charge in [-0.05, 0) is 54.6 Å². The third kappa shape index (κ3) is 4.32. The fourth-order valence-electron chi connectivity index (χ4n) is 2.06. The molecule has 4 nitrogen and oxygen atoms in total. The van der Waals surface area contributed by atoms with E-state index in [1.54, 1.807) is 24.3 Å².